The Balaban J connectivity index is 0.000000150. The average molecular weight is 925 g/mol. The first-order valence-electron chi connectivity index (χ1n) is 17.4. The largest absolute Gasteiger partial charge is 2.00 e. The normalized spacial score (nSPS) is 17.5. The summed E-state index contributed by atoms with van der Waals surface area (Å²) in [6.45, 7) is 0. The Kier molecular flexibility index (Phi) is 18.5. The van der Waals surface area contributed by atoms with E-state index in [4.69, 9.17) is 37.3 Å². The van der Waals surface area contributed by atoms with Gasteiger partial charge in [-0.3, -0.25) is 0 Å². The van der Waals surface area contributed by atoms with Crippen LogP contribution >= 0.6 is 0 Å². The van der Waals surface area contributed by atoms with Crippen molar-refractivity contribution in [3.05, 3.63) is 38.0 Å². The monoisotopic (exact) mass is 922 g/mol. The van der Waals surface area contributed by atoms with Gasteiger partial charge in [0, 0.05) is 0 Å². The second kappa shape index (κ2) is 23.2. The Bertz CT molecular complexity index is 1530. The molecule has 59 heavy (non-hydrogen) atoms. The number of hydrogen-bond donors (Lipinski definition) is 0. The maximum Gasteiger partial charge on any atom is 2.00 e. The zero-order chi connectivity index (χ0) is 41.4. The van der Waals surface area contributed by atoms with E-state index in [1.54, 1.807) is 66.1 Å². The summed E-state index contributed by atoms with van der Waals surface area (Å²) in [4.78, 5) is 0. The van der Waals surface area contributed by atoms with Crippen LogP contribution in [0.2, 0.25) is 0 Å². The smallest absolute Gasteiger partial charge is 0.229 e. The van der Waals surface area contributed by atoms with E-state index in [1.807, 2.05) is 0 Å². The van der Waals surface area contributed by atoms with Crippen molar-refractivity contribution >= 4 is 0 Å². The van der Waals surface area contributed by atoms with E-state index in [0.29, 0.717) is 36.3 Å². The third kappa shape index (κ3) is 22.3. The standard InChI is InChI=1S/6C4H6N4.2ClHO4.Zn/c6*1-2-4(1)8-3-5-6-7-8;2*2-1(3,4)5;/h6*3-4H,1-2H2;2*(H,2,3,4,5);/q;;;;;;;;+2/p-2. The second-order valence-electron chi connectivity index (χ2n) is 12.9. The van der Waals surface area contributed by atoms with Gasteiger partial charge in [0.1, 0.15) is 38.0 Å². The minimum absolute atomic E-state index is 0. The van der Waals surface area contributed by atoms with Crippen molar-refractivity contribution in [1.82, 2.24) is 121 Å². The molecule has 6 aromatic rings. The molecule has 6 aromatic heterocycles. The summed E-state index contributed by atoms with van der Waals surface area (Å²) in [6.07, 6.45) is 24.9. The molecule has 0 aromatic carbocycles. The quantitative estimate of drug-likeness (QED) is 0.140. The van der Waals surface area contributed by atoms with Gasteiger partial charge in [-0.05, 0) is 140 Å². The van der Waals surface area contributed by atoms with Crippen LogP contribution < -0.4 is 37.3 Å². The molecule has 0 atom stereocenters. The fourth-order valence-corrected chi connectivity index (χ4v) is 4.05. The van der Waals surface area contributed by atoms with Gasteiger partial charge in [-0.2, -0.15) is 0 Å². The third-order valence-electron chi connectivity index (χ3n) is 7.72. The zero-order valence-electron chi connectivity index (χ0n) is 30.9. The van der Waals surface area contributed by atoms with Crippen LogP contribution in [-0.2, 0) is 19.5 Å². The van der Waals surface area contributed by atoms with Gasteiger partial charge in [0.15, 0.2) is 0 Å². The Labute approximate surface area is 348 Å². The van der Waals surface area contributed by atoms with Crippen LogP contribution in [0.4, 0.5) is 0 Å². The predicted octanol–water partition coefficient (Wildman–Crippen LogP) is -9.47. The van der Waals surface area contributed by atoms with Crippen molar-refractivity contribution < 1.29 is 77.2 Å². The van der Waals surface area contributed by atoms with Gasteiger partial charge >= 0.3 is 19.5 Å². The van der Waals surface area contributed by atoms with E-state index < -0.39 is 20.5 Å². The molecule has 0 N–H and O–H groups in total. The number of halogens is 2. The van der Waals surface area contributed by atoms with Gasteiger partial charge in [-0.25, -0.2) is 65.4 Å². The fourth-order valence-electron chi connectivity index (χ4n) is 4.05. The number of nitrogens with zero attached hydrogens (tertiary/aromatic N) is 24. The van der Waals surface area contributed by atoms with E-state index in [0.717, 1.165) is 0 Å². The molecule has 35 heteroatoms. The first-order valence-corrected chi connectivity index (χ1v) is 19.8. The Morgan fingerprint density at radius 2 is 0.407 bits per heavy atom. The number of hydrogen-bond acceptors (Lipinski definition) is 26. The number of rotatable bonds is 6. The first kappa shape index (κ1) is 47.0. The maximum absolute atomic E-state index is 8.49. The average Bonchev–Trinajstić information content (AvgIpc) is 3.81. The summed E-state index contributed by atoms with van der Waals surface area (Å²) in [6, 6.07) is 3.69. The van der Waals surface area contributed by atoms with Gasteiger partial charge in [-0.1, -0.05) is 0 Å². The minimum Gasteiger partial charge on any atom is -0.229 e. The van der Waals surface area contributed by atoms with Crippen LogP contribution in [-0.4, -0.2) is 121 Å². The second-order valence-corrected chi connectivity index (χ2v) is 14.4. The molecule has 6 fully saturated rings. The molecular formula is C24H36Cl2N24O8Zn. The third-order valence-corrected chi connectivity index (χ3v) is 7.72. The molecule has 6 aliphatic rings. The van der Waals surface area contributed by atoms with Crippen LogP contribution in [0.3, 0.4) is 0 Å². The van der Waals surface area contributed by atoms with Gasteiger partial charge in [0.25, 0.3) is 0 Å². The van der Waals surface area contributed by atoms with E-state index in [1.165, 1.54) is 77.0 Å². The van der Waals surface area contributed by atoms with E-state index >= 15 is 0 Å². The molecule has 316 valence electrons. The van der Waals surface area contributed by atoms with Crippen molar-refractivity contribution in [3.8, 4) is 0 Å². The van der Waals surface area contributed by atoms with Gasteiger partial charge < -0.3 is 0 Å². The van der Waals surface area contributed by atoms with Crippen LogP contribution in [0.1, 0.15) is 113 Å². The van der Waals surface area contributed by atoms with Crippen molar-refractivity contribution in [2.75, 3.05) is 0 Å². The molecule has 0 unspecified atom stereocenters. The summed E-state index contributed by atoms with van der Waals surface area (Å²) in [5.74, 6) is 0. The summed E-state index contributed by atoms with van der Waals surface area (Å²) in [5.41, 5.74) is 0. The predicted molar refractivity (Wildman–Crippen MR) is 157 cm³/mol. The summed E-state index contributed by atoms with van der Waals surface area (Å²) < 4.78 is 78.8. The van der Waals surface area contributed by atoms with Crippen LogP contribution in [0, 0.1) is 20.5 Å². The topological polar surface area (TPSA) is 446 Å². The molecule has 6 saturated carbocycles. The Morgan fingerprint density at radius 1 is 0.288 bits per heavy atom. The molecule has 32 nitrogen and oxygen atoms in total. The van der Waals surface area contributed by atoms with Crippen molar-refractivity contribution in [3.63, 3.8) is 0 Å². The molecular weight excluding hydrogens is 889 g/mol. The molecule has 0 aliphatic heterocycles. The van der Waals surface area contributed by atoms with Gasteiger partial charge in [0.05, 0.1) is 36.3 Å². The number of aromatic nitrogens is 24. The molecule has 6 heterocycles. The van der Waals surface area contributed by atoms with E-state index in [-0.39, 0.29) is 19.5 Å². The molecule has 0 radical (unpaired) electrons. The van der Waals surface area contributed by atoms with E-state index in [9.17, 15) is 0 Å². The molecule has 0 saturated heterocycles. The summed E-state index contributed by atoms with van der Waals surface area (Å²) >= 11 is 0. The Hall–Kier alpha value is -4.70. The molecule has 0 amide bonds. The minimum atomic E-state index is -4.94. The van der Waals surface area contributed by atoms with Gasteiger partial charge in [0.2, 0.25) is 0 Å². The van der Waals surface area contributed by atoms with Gasteiger partial charge in [-0.15, -0.1) is 51.1 Å². The summed E-state index contributed by atoms with van der Waals surface area (Å²) in [7, 11) is -9.89. The van der Waals surface area contributed by atoms with Crippen LogP contribution in [0.25, 0.3) is 0 Å². The maximum atomic E-state index is 8.49. The number of tetrazole rings is 6. The van der Waals surface area contributed by atoms with E-state index in [2.05, 4.69) is 93.2 Å². The SMILES string of the molecule is [O-][Cl+3]([O-])([O-])[O-].[O-][Cl+3]([O-])([O-])[O-].[Zn+2].c1nnnn1C1CC1.c1nnnn1C1CC1.c1nnnn1C1CC1.c1nnnn1C1CC1.c1nnnn1C1CC1.c1nnnn1C1CC1. The molecule has 6 aliphatic carbocycles. The molecule has 0 spiro atoms. The van der Waals surface area contributed by atoms with Crippen LogP contribution in [0.5, 0.6) is 0 Å². The van der Waals surface area contributed by atoms with Crippen LogP contribution in [0.15, 0.2) is 38.0 Å². The van der Waals surface area contributed by atoms with Crippen molar-refractivity contribution in [2.45, 2.75) is 113 Å². The molecule has 12 rings (SSSR count). The first-order chi connectivity index (χ1) is 27.8. The summed E-state index contributed by atoms with van der Waals surface area (Å²) in [5, 5.41) is 64.6. The zero-order valence-corrected chi connectivity index (χ0v) is 35.4. The fraction of sp³-hybridized carbons (Fsp3) is 0.750. The van der Waals surface area contributed by atoms with Crippen molar-refractivity contribution in [1.29, 1.82) is 0 Å². The van der Waals surface area contributed by atoms with Crippen molar-refractivity contribution in [2.24, 2.45) is 0 Å². The molecule has 0 bridgehead atoms. The Morgan fingerprint density at radius 3 is 0.475 bits per heavy atom.